The summed E-state index contributed by atoms with van der Waals surface area (Å²) in [6.07, 6.45) is 19.4. The van der Waals surface area contributed by atoms with Crippen molar-refractivity contribution < 1.29 is 0 Å². The highest BCUT2D eigenvalue weighted by Gasteiger charge is 2.21. The third kappa shape index (κ3) is 6.74. The molecule has 1 fully saturated rings. The smallest absolute Gasteiger partial charge is 0.0162 e. The molecule has 0 spiro atoms. The SMILES string of the molecule is C=CC=CCCC1CCC(c2ccc(-c3ccc(CCCCC)cc3)cc2)CC1. The first kappa shape index (κ1) is 21.6. The normalized spacial score (nSPS) is 19.5. The van der Waals surface area contributed by atoms with Crippen LogP contribution in [0.2, 0.25) is 0 Å². The van der Waals surface area contributed by atoms with Crippen molar-refractivity contribution in [2.45, 2.75) is 77.0 Å². The van der Waals surface area contributed by atoms with Crippen molar-refractivity contribution in [3.05, 3.63) is 84.5 Å². The van der Waals surface area contributed by atoms with Gasteiger partial charge in [-0.1, -0.05) is 93.1 Å². The van der Waals surface area contributed by atoms with Crippen LogP contribution in [-0.2, 0) is 6.42 Å². The predicted octanol–water partition coefficient (Wildman–Crippen LogP) is 8.88. The van der Waals surface area contributed by atoms with E-state index in [1.165, 1.54) is 86.5 Å². The van der Waals surface area contributed by atoms with Gasteiger partial charge in [-0.25, -0.2) is 0 Å². The van der Waals surface area contributed by atoms with Gasteiger partial charge in [-0.2, -0.15) is 0 Å². The van der Waals surface area contributed by atoms with Gasteiger partial charge >= 0.3 is 0 Å². The fraction of sp³-hybridized carbons (Fsp3) is 0.448. The molecule has 0 aliphatic heterocycles. The van der Waals surface area contributed by atoms with Crippen molar-refractivity contribution in [2.75, 3.05) is 0 Å². The molecule has 0 radical (unpaired) electrons. The van der Waals surface area contributed by atoms with Gasteiger partial charge in [0.2, 0.25) is 0 Å². The van der Waals surface area contributed by atoms with E-state index in [0.29, 0.717) is 0 Å². The summed E-state index contributed by atoms with van der Waals surface area (Å²) in [5, 5.41) is 0. The van der Waals surface area contributed by atoms with E-state index < -0.39 is 0 Å². The molecule has 1 aliphatic rings. The zero-order chi connectivity index (χ0) is 20.3. The molecule has 29 heavy (non-hydrogen) atoms. The Kier molecular flexibility index (Phi) is 8.81. The largest absolute Gasteiger partial charge is 0.0991 e. The van der Waals surface area contributed by atoms with Crippen LogP contribution < -0.4 is 0 Å². The van der Waals surface area contributed by atoms with Crippen LogP contribution in [-0.4, -0.2) is 0 Å². The molecule has 3 rings (SSSR count). The average Bonchev–Trinajstić information content (AvgIpc) is 2.78. The van der Waals surface area contributed by atoms with Crippen molar-refractivity contribution in [1.29, 1.82) is 0 Å². The third-order valence-electron chi connectivity index (χ3n) is 6.60. The van der Waals surface area contributed by atoms with Crippen molar-refractivity contribution in [1.82, 2.24) is 0 Å². The zero-order valence-electron chi connectivity index (χ0n) is 18.3. The fourth-order valence-corrected chi connectivity index (χ4v) is 4.70. The summed E-state index contributed by atoms with van der Waals surface area (Å²) in [4.78, 5) is 0. The molecule has 0 heteroatoms. The predicted molar refractivity (Wildman–Crippen MR) is 128 cm³/mol. The highest BCUT2D eigenvalue weighted by molar-refractivity contribution is 5.64. The van der Waals surface area contributed by atoms with E-state index in [-0.39, 0.29) is 0 Å². The van der Waals surface area contributed by atoms with Crippen LogP contribution in [0.5, 0.6) is 0 Å². The summed E-state index contributed by atoms with van der Waals surface area (Å²) >= 11 is 0. The molecule has 0 aromatic heterocycles. The molecule has 0 bridgehead atoms. The maximum absolute atomic E-state index is 3.74. The van der Waals surface area contributed by atoms with E-state index in [2.05, 4.69) is 74.2 Å². The molecule has 0 heterocycles. The fourth-order valence-electron chi connectivity index (χ4n) is 4.70. The summed E-state index contributed by atoms with van der Waals surface area (Å²) < 4.78 is 0. The minimum absolute atomic E-state index is 0.755. The number of rotatable bonds is 10. The number of benzene rings is 2. The summed E-state index contributed by atoms with van der Waals surface area (Å²) in [5.74, 6) is 1.67. The Morgan fingerprint density at radius 2 is 1.52 bits per heavy atom. The van der Waals surface area contributed by atoms with Gasteiger partial charge in [0.15, 0.2) is 0 Å². The van der Waals surface area contributed by atoms with Gasteiger partial charge in [-0.3, -0.25) is 0 Å². The number of hydrogen-bond acceptors (Lipinski definition) is 0. The maximum Gasteiger partial charge on any atom is -0.0162 e. The van der Waals surface area contributed by atoms with Crippen LogP contribution in [0, 0.1) is 5.92 Å². The molecule has 0 atom stereocenters. The quantitative estimate of drug-likeness (QED) is 0.282. The van der Waals surface area contributed by atoms with Gasteiger partial charge < -0.3 is 0 Å². The molecule has 1 saturated carbocycles. The lowest BCUT2D eigenvalue weighted by Gasteiger charge is -2.28. The second kappa shape index (κ2) is 11.8. The first-order valence-electron chi connectivity index (χ1n) is 11.8. The van der Waals surface area contributed by atoms with Gasteiger partial charge in [0.1, 0.15) is 0 Å². The summed E-state index contributed by atoms with van der Waals surface area (Å²) in [7, 11) is 0. The molecular weight excluding hydrogens is 348 g/mol. The highest BCUT2D eigenvalue weighted by atomic mass is 14.3. The Labute approximate surface area is 178 Å². The number of aryl methyl sites for hydroxylation is 1. The van der Waals surface area contributed by atoms with Crippen molar-refractivity contribution in [3.63, 3.8) is 0 Å². The topological polar surface area (TPSA) is 0 Å². The van der Waals surface area contributed by atoms with E-state index in [1.807, 2.05) is 6.08 Å². The monoisotopic (exact) mass is 386 g/mol. The van der Waals surface area contributed by atoms with Crippen LogP contribution in [0.15, 0.2) is 73.3 Å². The lowest BCUT2D eigenvalue weighted by atomic mass is 9.77. The van der Waals surface area contributed by atoms with Crippen molar-refractivity contribution >= 4 is 0 Å². The van der Waals surface area contributed by atoms with Crippen molar-refractivity contribution in [2.24, 2.45) is 5.92 Å². The number of hydrogen-bond donors (Lipinski definition) is 0. The van der Waals surface area contributed by atoms with Gasteiger partial charge in [0.25, 0.3) is 0 Å². The first-order chi connectivity index (χ1) is 14.3. The van der Waals surface area contributed by atoms with Crippen LogP contribution in [0.1, 0.15) is 81.8 Å². The summed E-state index contributed by atoms with van der Waals surface area (Å²) in [5.41, 5.74) is 5.69. The molecule has 2 aromatic rings. The number of unbranched alkanes of at least 4 members (excludes halogenated alkanes) is 2. The molecule has 0 amide bonds. The van der Waals surface area contributed by atoms with Crippen LogP contribution in [0.4, 0.5) is 0 Å². The third-order valence-corrected chi connectivity index (χ3v) is 6.60. The molecule has 0 saturated heterocycles. The minimum Gasteiger partial charge on any atom is -0.0991 e. The minimum atomic E-state index is 0.755. The number of allylic oxidation sites excluding steroid dienone is 3. The van der Waals surface area contributed by atoms with Crippen LogP contribution in [0.25, 0.3) is 11.1 Å². The van der Waals surface area contributed by atoms with E-state index in [0.717, 1.165) is 11.8 Å². The van der Waals surface area contributed by atoms with E-state index in [9.17, 15) is 0 Å². The van der Waals surface area contributed by atoms with Crippen LogP contribution in [0.3, 0.4) is 0 Å². The van der Waals surface area contributed by atoms with Gasteiger partial charge in [0, 0.05) is 0 Å². The van der Waals surface area contributed by atoms with Crippen LogP contribution >= 0.6 is 0 Å². The molecule has 1 aliphatic carbocycles. The molecule has 0 N–H and O–H groups in total. The maximum atomic E-state index is 3.74. The standard InChI is InChI=1S/C29H38/c1-3-5-7-9-11-25-14-18-27(19-15-25)29-22-20-28(21-23-29)26-16-12-24(13-17-26)10-8-6-4-2/h3,5,7,12-13,16-17,20-23,25,27H,1,4,6,8-11,14-15,18-19H2,2H3. The second-order valence-corrected chi connectivity index (χ2v) is 8.73. The molecule has 2 aromatic carbocycles. The lowest BCUT2D eigenvalue weighted by molar-refractivity contribution is 0.312. The van der Waals surface area contributed by atoms with Gasteiger partial charge in [0.05, 0.1) is 0 Å². The molecule has 0 nitrogen and oxygen atoms in total. The van der Waals surface area contributed by atoms with E-state index in [1.54, 1.807) is 0 Å². The first-order valence-corrected chi connectivity index (χ1v) is 11.8. The lowest BCUT2D eigenvalue weighted by Crippen LogP contribution is -2.13. The van der Waals surface area contributed by atoms with Gasteiger partial charge in [-0.05, 0) is 85.5 Å². The Hall–Kier alpha value is -2.08. The molecular formula is C29H38. The average molecular weight is 387 g/mol. The molecule has 0 unspecified atom stereocenters. The van der Waals surface area contributed by atoms with Gasteiger partial charge in [-0.15, -0.1) is 0 Å². The summed E-state index contributed by atoms with van der Waals surface area (Å²) in [6.45, 7) is 6.01. The van der Waals surface area contributed by atoms with E-state index >= 15 is 0 Å². The molecule has 154 valence electrons. The zero-order valence-corrected chi connectivity index (χ0v) is 18.3. The summed E-state index contributed by atoms with van der Waals surface area (Å²) in [6, 6.07) is 18.6. The Balaban J connectivity index is 1.50. The van der Waals surface area contributed by atoms with E-state index in [4.69, 9.17) is 0 Å². The Bertz CT molecular complexity index is 740. The highest BCUT2D eigenvalue weighted by Crippen LogP contribution is 2.38. The Morgan fingerprint density at radius 3 is 2.14 bits per heavy atom. The van der Waals surface area contributed by atoms with Crippen molar-refractivity contribution in [3.8, 4) is 11.1 Å². The second-order valence-electron chi connectivity index (χ2n) is 8.73. The Morgan fingerprint density at radius 1 is 0.862 bits per heavy atom.